The van der Waals surface area contributed by atoms with Crippen molar-refractivity contribution in [2.45, 2.75) is 25.7 Å². The van der Waals surface area contributed by atoms with E-state index in [9.17, 15) is 17.9 Å². The van der Waals surface area contributed by atoms with Gasteiger partial charge >= 0.3 is 0 Å². The summed E-state index contributed by atoms with van der Waals surface area (Å²) in [6.07, 6.45) is 0. The van der Waals surface area contributed by atoms with Crippen LogP contribution >= 0.6 is 0 Å². The number of rotatable bonds is 5. The summed E-state index contributed by atoms with van der Waals surface area (Å²) < 4.78 is 40.8. The highest BCUT2D eigenvalue weighted by Crippen LogP contribution is 2.29. The highest BCUT2D eigenvalue weighted by Gasteiger charge is 2.27. The summed E-state index contributed by atoms with van der Waals surface area (Å²) in [6, 6.07) is 9.41. The van der Waals surface area contributed by atoms with Gasteiger partial charge < -0.3 is 5.11 Å². The van der Waals surface area contributed by atoms with Crippen LogP contribution in [0.15, 0.2) is 47.4 Å². The van der Waals surface area contributed by atoms with Crippen molar-refractivity contribution in [1.82, 2.24) is 0 Å². The zero-order valence-corrected chi connectivity index (χ0v) is 14.1. The van der Waals surface area contributed by atoms with E-state index in [1.807, 2.05) is 13.8 Å². The van der Waals surface area contributed by atoms with Gasteiger partial charge in [-0.1, -0.05) is 19.9 Å². The molecule has 0 saturated heterocycles. The van der Waals surface area contributed by atoms with Crippen LogP contribution in [0.5, 0.6) is 5.75 Å². The summed E-state index contributed by atoms with van der Waals surface area (Å²) >= 11 is 0. The number of phenolic OH excluding ortho intramolecular Hbond substituents is 1. The monoisotopic (exact) mass is 337 g/mol. The molecule has 0 radical (unpaired) electrons. The highest BCUT2D eigenvalue weighted by molar-refractivity contribution is 7.92. The van der Waals surface area contributed by atoms with Crippen molar-refractivity contribution in [2.24, 2.45) is 5.92 Å². The van der Waals surface area contributed by atoms with E-state index < -0.39 is 15.8 Å². The van der Waals surface area contributed by atoms with Crippen LogP contribution in [-0.4, -0.2) is 20.1 Å². The quantitative estimate of drug-likeness (QED) is 0.905. The Morgan fingerprint density at radius 2 is 1.74 bits per heavy atom. The number of aromatic hydroxyl groups is 1. The van der Waals surface area contributed by atoms with Gasteiger partial charge in [-0.05, 0) is 54.8 Å². The Labute approximate surface area is 136 Å². The highest BCUT2D eigenvalue weighted by atomic mass is 32.2. The Hall–Kier alpha value is -2.08. The molecule has 2 aromatic rings. The molecule has 0 bridgehead atoms. The van der Waals surface area contributed by atoms with Gasteiger partial charge in [0, 0.05) is 6.54 Å². The van der Waals surface area contributed by atoms with Crippen LogP contribution in [0.4, 0.5) is 10.1 Å². The Morgan fingerprint density at radius 3 is 2.30 bits per heavy atom. The maximum Gasteiger partial charge on any atom is 0.264 e. The number of benzene rings is 2. The summed E-state index contributed by atoms with van der Waals surface area (Å²) in [5, 5.41) is 9.35. The van der Waals surface area contributed by atoms with E-state index in [1.165, 1.54) is 40.7 Å². The van der Waals surface area contributed by atoms with E-state index in [1.54, 1.807) is 13.0 Å². The molecule has 0 atom stereocenters. The SMILES string of the molecule is Cc1ccc(F)cc1N(CC(C)C)S(=O)(=O)c1ccc(O)cc1. The molecule has 2 aromatic carbocycles. The van der Waals surface area contributed by atoms with Crippen LogP contribution in [0.25, 0.3) is 0 Å². The third-order valence-electron chi connectivity index (χ3n) is 3.40. The predicted molar refractivity (Wildman–Crippen MR) is 88.6 cm³/mol. The van der Waals surface area contributed by atoms with Crippen molar-refractivity contribution in [3.8, 4) is 5.75 Å². The van der Waals surface area contributed by atoms with Gasteiger partial charge in [-0.25, -0.2) is 12.8 Å². The number of hydrogen-bond acceptors (Lipinski definition) is 3. The van der Waals surface area contributed by atoms with Gasteiger partial charge in [-0.3, -0.25) is 4.31 Å². The lowest BCUT2D eigenvalue weighted by molar-refractivity contribution is 0.474. The number of phenols is 1. The van der Waals surface area contributed by atoms with Gasteiger partial charge in [-0.2, -0.15) is 0 Å². The second kappa shape index (κ2) is 6.58. The van der Waals surface area contributed by atoms with Crippen LogP contribution in [0.2, 0.25) is 0 Å². The molecule has 0 amide bonds. The van der Waals surface area contributed by atoms with Crippen molar-refractivity contribution in [2.75, 3.05) is 10.8 Å². The minimum Gasteiger partial charge on any atom is -0.508 e. The molecule has 0 aliphatic rings. The maximum absolute atomic E-state index is 13.6. The molecule has 0 aliphatic heterocycles. The van der Waals surface area contributed by atoms with Gasteiger partial charge in [0.05, 0.1) is 10.6 Å². The van der Waals surface area contributed by atoms with E-state index in [0.717, 1.165) is 0 Å². The number of anilines is 1. The normalized spacial score (nSPS) is 11.7. The van der Waals surface area contributed by atoms with Crippen LogP contribution < -0.4 is 4.31 Å². The zero-order valence-electron chi connectivity index (χ0n) is 13.3. The average Bonchev–Trinajstić information content (AvgIpc) is 2.47. The molecular formula is C17H20FNO3S. The third kappa shape index (κ3) is 3.82. The second-order valence-electron chi connectivity index (χ2n) is 5.85. The van der Waals surface area contributed by atoms with E-state index in [-0.39, 0.29) is 23.1 Å². The lowest BCUT2D eigenvalue weighted by Gasteiger charge is -2.27. The van der Waals surface area contributed by atoms with Gasteiger partial charge in [0.1, 0.15) is 11.6 Å². The van der Waals surface area contributed by atoms with Crippen molar-refractivity contribution in [3.63, 3.8) is 0 Å². The fourth-order valence-electron chi connectivity index (χ4n) is 2.25. The fraction of sp³-hybridized carbons (Fsp3) is 0.294. The van der Waals surface area contributed by atoms with Gasteiger partial charge in [0.15, 0.2) is 0 Å². The summed E-state index contributed by atoms with van der Waals surface area (Å²) in [5.74, 6) is -0.439. The summed E-state index contributed by atoms with van der Waals surface area (Å²) in [4.78, 5) is 0.0552. The standard InChI is InChI=1S/C17H20FNO3S/c1-12(2)11-19(17-10-14(18)5-4-13(17)3)23(21,22)16-8-6-15(20)7-9-16/h4-10,12,20H,11H2,1-3H3. The second-order valence-corrected chi connectivity index (χ2v) is 7.72. The maximum atomic E-state index is 13.6. The molecule has 0 aliphatic carbocycles. The molecule has 4 nitrogen and oxygen atoms in total. The fourth-order valence-corrected chi connectivity index (χ4v) is 3.94. The lowest BCUT2D eigenvalue weighted by Crippen LogP contribution is -2.34. The molecule has 23 heavy (non-hydrogen) atoms. The summed E-state index contributed by atoms with van der Waals surface area (Å²) in [6.45, 7) is 5.77. The first kappa shape index (κ1) is 17.3. The van der Waals surface area contributed by atoms with Crippen LogP contribution in [0.3, 0.4) is 0 Å². The third-order valence-corrected chi connectivity index (χ3v) is 5.19. The molecule has 2 rings (SSSR count). The number of halogens is 1. The molecule has 6 heteroatoms. The predicted octanol–water partition coefficient (Wildman–Crippen LogP) is 3.69. The van der Waals surface area contributed by atoms with Crippen LogP contribution in [0, 0.1) is 18.7 Å². The molecule has 124 valence electrons. The van der Waals surface area contributed by atoms with Crippen molar-refractivity contribution < 1.29 is 17.9 Å². The Kier molecular flexibility index (Phi) is 4.94. The number of aryl methyl sites for hydroxylation is 1. The molecule has 0 aromatic heterocycles. The van der Waals surface area contributed by atoms with E-state index in [2.05, 4.69) is 0 Å². The van der Waals surface area contributed by atoms with E-state index >= 15 is 0 Å². The first-order chi connectivity index (χ1) is 10.7. The van der Waals surface area contributed by atoms with E-state index in [4.69, 9.17) is 0 Å². The molecular weight excluding hydrogens is 317 g/mol. The number of sulfonamides is 1. The molecule has 0 heterocycles. The van der Waals surface area contributed by atoms with Crippen molar-refractivity contribution in [1.29, 1.82) is 0 Å². The molecule has 0 fully saturated rings. The molecule has 0 spiro atoms. The molecule has 0 saturated carbocycles. The Bertz CT molecular complexity index is 786. The van der Waals surface area contributed by atoms with Gasteiger partial charge in [-0.15, -0.1) is 0 Å². The van der Waals surface area contributed by atoms with Crippen molar-refractivity contribution in [3.05, 3.63) is 53.8 Å². The van der Waals surface area contributed by atoms with Crippen LogP contribution in [0.1, 0.15) is 19.4 Å². The average molecular weight is 337 g/mol. The minimum absolute atomic E-state index is 0.0127. The summed E-state index contributed by atoms with van der Waals surface area (Å²) in [7, 11) is -3.85. The van der Waals surface area contributed by atoms with Gasteiger partial charge in [0.25, 0.3) is 10.0 Å². The smallest absolute Gasteiger partial charge is 0.264 e. The Morgan fingerprint density at radius 1 is 1.13 bits per heavy atom. The minimum atomic E-state index is -3.85. The zero-order chi connectivity index (χ0) is 17.2. The first-order valence-corrected chi connectivity index (χ1v) is 8.73. The largest absolute Gasteiger partial charge is 0.508 e. The number of hydrogen-bond donors (Lipinski definition) is 1. The first-order valence-electron chi connectivity index (χ1n) is 7.29. The molecule has 0 unspecified atom stereocenters. The number of nitrogens with zero attached hydrogens (tertiary/aromatic N) is 1. The van der Waals surface area contributed by atoms with Crippen LogP contribution in [-0.2, 0) is 10.0 Å². The van der Waals surface area contributed by atoms with Gasteiger partial charge in [0.2, 0.25) is 0 Å². The van der Waals surface area contributed by atoms with Crippen molar-refractivity contribution >= 4 is 15.7 Å². The topological polar surface area (TPSA) is 57.6 Å². The Balaban J connectivity index is 2.58. The molecule has 1 N–H and O–H groups in total. The van der Waals surface area contributed by atoms with E-state index in [0.29, 0.717) is 11.3 Å². The lowest BCUT2D eigenvalue weighted by atomic mass is 10.1. The summed E-state index contributed by atoms with van der Waals surface area (Å²) in [5.41, 5.74) is 1.00.